The Bertz CT molecular complexity index is 937. The maximum Gasteiger partial charge on any atom is 0.305 e. The molecule has 0 radical (unpaired) electrons. The molecule has 164 valence electrons. The number of unbranched alkanes of at least 4 members (excludes halogenated alkanes) is 1. The van der Waals surface area contributed by atoms with Crippen molar-refractivity contribution in [2.75, 3.05) is 13.2 Å². The Morgan fingerprint density at radius 2 is 1.97 bits per heavy atom. The molecule has 0 atom stereocenters. The third-order valence-corrected chi connectivity index (χ3v) is 6.15. The first-order valence-corrected chi connectivity index (χ1v) is 11.4. The number of nitrogens with zero attached hydrogens (tertiary/aromatic N) is 2. The van der Waals surface area contributed by atoms with Crippen molar-refractivity contribution in [3.63, 3.8) is 0 Å². The Kier molecular flexibility index (Phi) is 8.06. The number of carbonyl (C=O) groups excluding carboxylic acids is 1. The van der Waals surface area contributed by atoms with Crippen molar-refractivity contribution in [1.82, 2.24) is 9.97 Å². The van der Waals surface area contributed by atoms with Gasteiger partial charge in [0.05, 0.1) is 25.1 Å². The van der Waals surface area contributed by atoms with E-state index in [0.29, 0.717) is 18.7 Å². The molecule has 5 nitrogen and oxygen atoms in total. The van der Waals surface area contributed by atoms with Gasteiger partial charge < -0.3 is 9.47 Å². The van der Waals surface area contributed by atoms with Crippen molar-refractivity contribution < 1.29 is 14.3 Å². The van der Waals surface area contributed by atoms with Gasteiger partial charge in [0.1, 0.15) is 11.4 Å². The molecular weight excluding hydrogens is 388 g/mol. The highest BCUT2D eigenvalue weighted by Crippen LogP contribution is 2.43. The summed E-state index contributed by atoms with van der Waals surface area (Å²) in [7, 11) is 0. The van der Waals surface area contributed by atoms with Crippen molar-refractivity contribution in [3.05, 3.63) is 53.1 Å². The molecule has 0 aliphatic carbocycles. The first kappa shape index (κ1) is 22.8. The maximum absolute atomic E-state index is 11.4. The number of ether oxygens (including phenoxy) is 2. The molecule has 1 aromatic carbocycles. The predicted octanol–water partition coefficient (Wildman–Crippen LogP) is 4.99. The number of hydrogen-bond donors (Lipinski definition) is 0. The summed E-state index contributed by atoms with van der Waals surface area (Å²) >= 11 is 0. The van der Waals surface area contributed by atoms with E-state index in [1.165, 1.54) is 5.56 Å². The number of benzene rings is 1. The molecule has 1 aliphatic heterocycles. The van der Waals surface area contributed by atoms with Crippen molar-refractivity contribution in [2.24, 2.45) is 0 Å². The summed E-state index contributed by atoms with van der Waals surface area (Å²) in [6.45, 7) is 7.55. The van der Waals surface area contributed by atoms with E-state index in [-0.39, 0.29) is 11.4 Å². The van der Waals surface area contributed by atoms with Crippen molar-refractivity contribution in [2.45, 2.75) is 71.1 Å². The fourth-order valence-electron chi connectivity index (χ4n) is 4.12. The molecular formula is C26H32N2O3. The van der Waals surface area contributed by atoms with Gasteiger partial charge in [-0.05, 0) is 69.6 Å². The Hall–Kier alpha value is -2.87. The van der Waals surface area contributed by atoms with E-state index < -0.39 is 0 Å². The molecule has 2 aromatic rings. The zero-order chi connectivity index (χ0) is 22.1. The van der Waals surface area contributed by atoms with Gasteiger partial charge >= 0.3 is 5.97 Å². The fraction of sp³-hybridized carbons (Fsp3) is 0.500. The second-order valence-corrected chi connectivity index (χ2v) is 7.95. The molecule has 1 aromatic heterocycles. The number of aryl methyl sites for hydroxylation is 1. The molecule has 1 aliphatic rings. The van der Waals surface area contributed by atoms with Crippen LogP contribution in [0.2, 0.25) is 0 Å². The number of fused-ring (bicyclic) bond motifs is 1. The van der Waals surface area contributed by atoms with Crippen LogP contribution in [0.4, 0.5) is 0 Å². The third-order valence-electron chi connectivity index (χ3n) is 6.15. The SMILES string of the molecule is CCOC(=O)CCCCc1cnc(C#Cc2ccc3c(c2)C(CC)(CC)CCO3)cn1. The minimum atomic E-state index is -0.136. The van der Waals surface area contributed by atoms with Gasteiger partial charge in [0.15, 0.2) is 0 Å². The van der Waals surface area contributed by atoms with Crippen LogP contribution >= 0.6 is 0 Å². The number of esters is 1. The van der Waals surface area contributed by atoms with Gasteiger partial charge in [-0.1, -0.05) is 19.8 Å². The molecule has 0 saturated carbocycles. The van der Waals surface area contributed by atoms with E-state index in [9.17, 15) is 4.79 Å². The summed E-state index contributed by atoms with van der Waals surface area (Å²) in [6, 6.07) is 6.24. The van der Waals surface area contributed by atoms with Gasteiger partial charge in [-0.25, -0.2) is 4.98 Å². The Morgan fingerprint density at radius 1 is 1.13 bits per heavy atom. The van der Waals surface area contributed by atoms with E-state index >= 15 is 0 Å². The van der Waals surface area contributed by atoms with Crippen LogP contribution in [0.25, 0.3) is 0 Å². The molecule has 0 unspecified atom stereocenters. The van der Waals surface area contributed by atoms with Crippen LogP contribution in [-0.4, -0.2) is 29.2 Å². The van der Waals surface area contributed by atoms with Crippen LogP contribution in [0.3, 0.4) is 0 Å². The molecule has 2 heterocycles. The fourth-order valence-corrected chi connectivity index (χ4v) is 4.12. The standard InChI is InChI=1S/C26H32N2O3/c1-4-26(5-2)15-16-31-24-14-12-20(17-23(24)26)11-13-22-19-27-21(18-28-22)9-7-8-10-25(29)30-6-3/h12,14,17-19H,4-10,15-16H2,1-3H3. The lowest BCUT2D eigenvalue weighted by Crippen LogP contribution is -2.31. The lowest BCUT2D eigenvalue weighted by atomic mass is 9.71. The predicted molar refractivity (Wildman–Crippen MR) is 121 cm³/mol. The number of rotatable bonds is 8. The van der Waals surface area contributed by atoms with Crippen molar-refractivity contribution in [3.8, 4) is 17.6 Å². The lowest BCUT2D eigenvalue weighted by molar-refractivity contribution is -0.143. The molecule has 0 amide bonds. The van der Waals surface area contributed by atoms with Gasteiger partial charge in [-0.3, -0.25) is 9.78 Å². The van der Waals surface area contributed by atoms with Crippen LogP contribution in [0, 0.1) is 11.8 Å². The summed E-state index contributed by atoms with van der Waals surface area (Å²) in [5.74, 6) is 7.22. The van der Waals surface area contributed by atoms with Gasteiger partial charge in [0.2, 0.25) is 0 Å². The quantitative estimate of drug-likeness (QED) is 0.342. The molecule has 0 saturated heterocycles. The highest BCUT2D eigenvalue weighted by atomic mass is 16.5. The Balaban J connectivity index is 1.62. The third kappa shape index (κ3) is 5.85. The summed E-state index contributed by atoms with van der Waals surface area (Å²) < 4.78 is 10.8. The van der Waals surface area contributed by atoms with Gasteiger partial charge in [0.25, 0.3) is 0 Å². The van der Waals surface area contributed by atoms with E-state index in [2.05, 4.69) is 41.7 Å². The highest BCUT2D eigenvalue weighted by Gasteiger charge is 2.34. The lowest BCUT2D eigenvalue weighted by Gasteiger charge is -2.37. The Morgan fingerprint density at radius 3 is 2.68 bits per heavy atom. The monoisotopic (exact) mass is 420 g/mol. The van der Waals surface area contributed by atoms with Crippen LogP contribution in [0.1, 0.15) is 81.8 Å². The molecule has 0 fully saturated rings. The van der Waals surface area contributed by atoms with E-state index in [1.54, 1.807) is 12.4 Å². The average Bonchev–Trinajstić information content (AvgIpc) is 2.81. The normalized spacial score (nSPS) is 14.0. The van der Waals surface area contributed by atoms with Gasteiger partial charge in [0, 0.05) is 29.2 Å². The average molecular weight is 421 g/mol. The summed E-state index contributed by atoms with van der Waals surface area (Å²) in [6.07, 6.45) is 9.66. The van der Waals surface area contributed by atoms with Gasteiger partial charge in [-0.15, -0.1) is 0 Å². The highest BCUT2D eigenvalue weighted by molar-refractivity contribution is 5.69. The summed E-state index contributed by atoms with van der Waals surface area (Å²) in [5.41, 5.74) is 4.00. The van der Waals surface area contributed by atoms with Crippen LogP contribution < -0.4 is 4.74 Å². The molecule has 31 heavy (non-hydrogen) atoms. The van der Waals surface area contributed by atoms with Crippen LogP contribution in [-0.2, 0) is 21.4 Å². The first-order valence-electron chi connectivity index (χ1n) is 11.4. The van der Waals surface area contributed by atoms with Crippen LogP contribution in [0.5, 0.6) is 5.75 Å². The minimum absolute atomic E-state index is 0.136. The van der Waals surface area contributed by atoms with Crippen molar-refractivity contribution >= 4 is 5.97 Å². The molecule has 5 heteroatoms. The minimum Gasteiger partial charge on any atom is -0.493 e. The summed E-state index contributed by atoms with van der Waals surface area (Å²) in [5, 5.41) is 0. The van der Waals surface area contributed by atoms with E-state index in [0.717, 1.165) is 62.1 Å². The smallest absolute Gasteiger partial charge is 0.305 e. The topological polar surface area (TPSA) is 61.3 Å². The second-order valence-electron chi connectivity index (χ2n) is 7.95. The maximum atomic E-state index is 11.4. The van der Waals surface area contributed by atoms with Gasteiger partial charge in [-0.2, -0.15) is 0 Å². The second kappa shape index (κ2) is 10.9. The number of carbonyl (C=O) groups is 1. The molecule has 0 spiro atoms. The van der Waals surface area contributed by atoms with E-state index in [1.807, 2.05) is 19.1 Å². The first-order chi connectivity index (χ1) is 15.1. The van der Waals surface area contributed by atoms with Crippen molar-refractivity contribution in [1.29, 1.82) is 0 Å². The zero-order valence-electron chi connectivity index (χ0n) is 18.9. The van der Waals surface area contributed by atoms with Crippen LogP contribution in [0.15, 0.2) is 30.6 Å². The molecule has 3 rings (SSSR count). The van der Waals surface area contributed by atoms with E-state index in [4.69, 9.17) is 9.47 Å². The number of aromatic nitrogens is 2. The molecule has 0 bridgehead atoms. The zero-order valence-corrected chi connectivity index (χ0v) is 18.9. The largest absolute Gasteiger partial charge is 0.493 e. The summed E-state index contributed by atoms with van der Waals surface area (Å²) in [4.78, 5) is 20.3. The molecule has 0 N–H and O–H groups in total. The Labute approximate surface area is 185 Å². The number of hydrogen-bond acceptors (Lipinski definition) is 5.